The fourth-order valence-electron chi connectivity index (χ4n) is 2.77. The summed E-state index contributed by atoms with van der Waals surface area (Å²) < 4.78 is 6.01. The quantitative estimate of drug-likeness (QED) is 0.503. The van der Waals surface area contributed by atoms with Gasteiger partial charge in [-0.1, -0.05) is 53.0 Å². The second kappa shape index (κ2) is 8.48. The molecular weight excluding hydrogens is 365 g/mol. The molecule has 0 bridgehead atoms. The van der Waals surface area contributed by atoms with Crippen LogP contribution in [0.2, 0.25) is 10.0 Å². The van der Waals surface area contributed by atoms with Crippen LogP contribution in [-0.4, -0.2) is 0 Å². The summed E-state index contributed by atoms with van der Waals surface area (Å²) in [6.07, 6.45) is 0. The molecule has 0 radical (unpaired) electrons. The van der Waals surface area contributed by atoms with Crippen molar-refractivity contribution in [2.75, 3.05) is 5.32 Å². The number of hydrogen-bond acceptors (Lipinski definition) is 2. The number of aryl methyl sites for hydroxylation is 2. The summed E-state index contributed by atoms with van der Waals surface area (Å²) in [5, 5.41) is 4.89. The average Bonchev–Trinajstić information content (AvgIpc) is 2.61. The van der Waals surface area contributed by atoms with E-state index in [-0.39, 0.29) is 0 Å². The van der Waals surface area contributed by atoms with Crippen LogP contribution < -0.4 is 10.1 Å². The molecule has 0 fully saturated rings. The zero-order valence-electron chi connectivity index (χ0n) is 14.9. The van der Waals surface area contributed by atoms with E-state index in [0.717, 1.165) is 27.6 Å². The van der Waals surface area contributed by atoms with Gasteiger partial charge in [0, 0.05) is 27.8 Å². The molecule has 3 aromatic carbocycles. The van der Waals surface area contributed by atoms with Gasteiger partial charge in [0.1, 0.15) is 12.4 Å². The molecule has 4 heteroatoms. The molecule has 0 amide bonds. The molecule has 0 unspecified atom stereocenters. The van der Waals surface area contributed by atoms with Gasteiger partial charge in [0.15, 0.2) is 0 Å². The standard InChI is InChI=1S/C22H21Cl2NO/c1-15-3-9-21(16(2)11-15)25-13-18-12-20(24)8-10-22(18)26-14-17-4-6-19(23)7-5-17/h3-12,25H,13-14H2,1-2H3. The molecule has 0 heterocycles. The van der Waals surface area contributed by atoms with Gasteiger partial charge in [0.25, 0.3) is 0 Å². The lowest BCUT2D eigenvalue weighted by Crippen LogP contribution is -2.05. The number of ether oxygens (including phenoxy) is 1. The average molecular weight is 386 g/mol. The van der Waals surface area contributed by atoms with Crippen molar-refractivity contribution >= 4 is 28.9 Å². The third-order valence-electron chi connectivity index (χ3n) is 4.18. The molecule has 0 saturated heterocycles. The van der Waals surface area contributed by atoms with Crippen LogP contribution in [0, 0.1) is 13.8 Å². The van der Waals surface area contributed by atoms with Crippen LogP contribution in [0.25, 0.3) is 0 Å². The number of hydrogen-bond donors (Lipinski definition) is 1. The van der Waals surface area contributed by atoms with Crippen LogP contribution in [0.5, 0.6) is 5.75 Å². The molecule has 2 nitrogen and oxygen atoms in total. The van der Waals surface area contributed by atoms with E-state index in [9.17, 15) is 0 Å². The summed E-state index contributed by atoms with van der Waals surface area (Å²) in [7, 11) is 0. The van der Waals surface area contributed by atoms with E-state index in [0.29, 0.717) is 18.2 Å². The van der Waals surface area contributed by atoms with Crippen molar-refractivity contribution in [1.29, 1.82) is 0 Å². The molecule has 26 heavy (non-hydrogen) atoms. The van der Waals surface area contributed by atoms with Gasteiger partial charge in [0.05, 0.1) is 0 Å². The van der Waals surface area contributed by atoms with Crippen molar-refractivity contribution < 1.29 is 4.74 Å². The minimum absolute atomic E-state index is 0.482. The monoisotopic (exact) mass is 385 g/mol. The fourth-order valence-corrected chi connectivity index (χ4v) is 3.09. The molecule has 0 aromatic heterocycles. The second-order valence-corrected chi connectivity index (χ2v) is 7.21. The smallest absolute Gasteiger partial charge is 0.124 e. The van der Waals surface area contributed by atoms with Gasteiger partial charge in [0.2, 0.25) is 0 Å². The highest BCUT2D eigenvalue weighted by atomic mass is 35.5. The lowest BCUT2D eigenvalue weighted by molar-refractivity contribution is 0.303. The van der Waals surface area contributed by atoms with E-state index in [1.807, 2.05) is 42.5 Å². The Bertz CT molecular complexity index is 891. The van der Waals surface area contributed by atoms with Crippen molar-refractivity contribution in [3.8, 4) is 5.75 Å². The van der Waals surface area contributed by atoms with E-state index in [2.05, 4.69) is 37.4 Å². The molecule has 3 aromatic rings. The zero-order valence-corrected chi connectivity index (χ0v) is 16.4. The first-order valence-corrected chi connectivity index (χ1v) is 9.23. The van der Waals surface area contributed by atoms with Crippen molar-refractivity contribution in [3.63, 3.8) is 0 Å². The summed E-state index contributed by atoms with van der Waals surface area (Å²) in [6, 6.07) is 19.7. The van der Waals surface area contributed by atoms with E-state index >= 15 is 0 Å². The van der Waals surface area contributed by atoms with Crippen LogP contribution in [0.15, 0.2) is 60.7 Å². The first-order valence-electron chi connectivity index (χ1n) is 8.48. The van der Waals surface area contributed by atoms with Gasteiger partial charge in [-0.15, -0.1) is 0 Å². The highest BCUT2D eigenvalue weighted by Gasteiger charge is 2.07. The number of rotatable bonds is 6. The van der Waals surface area contributed by atoms with E-state index in [4.69, 9.17) is 27.9 Å². The third kappa shape index (κ3) is 4.94. The normalized spacial score (nSPS) is 10.6. The number of halogens is 2. The molecule has 0 aliphatic heterocycles. The topological polar surface area (TPSA) is 21.3 Å². The van der Waals surface area contributed by atoms with Crippen LogP contribution in [0.1, 0.15) is 22.3 Å². The summed E-state index contributed by atoms with van der Waals surface area (Å²) >= 11 is 12.1. The van der Waals surface area contributed by atoms with Crippen LogP contribution >= 0.6 is 23.2 Å². The van der Waals surface area contributed by atoms with E-state index in [1.54, 1.807) is 0 Å². The van der Waals surface area contributed by atoms with Crippen molar-refractivity contribution in [2.24, 2.45) is 0 Å². The summed E-state index contributed by atoms with van der Waals surface area (Å²) in [6.45, 7) is 5.32. The lowest BCUT2D eigenvalue weighted by atomic mass is 10.1. The Hall–Kier alpha value is -2.16. The Balaban J connectivity index is 1.71. The Morgan fingerprint density at radius 2 is 1.58 bits per heavy atom. The number of benzene rings is 3. The Kier molecular flexibility index (Phi) is 6.08. The molecule has 3 rings (SSSR count). The minimum atomic E-state index is 0.482. The summed E-state index contributed by atoms with van der Waals surface area (Å²) in [5.41, 5.74) is 5.67. The third-order valence-corrected chi connectivity index (χ3v) is 4.67. The Morgan fingerprint density at radius 3 is 2.31 bits per heavy atom. The summed E-state index contributed by atoms with van der Waals surface area (Å²) in [4.78, 5) is 0. The Morgan fingerprint density at radius 1 is 0.846 bits per heavy atom. The predicted octanol–water partition coefficient (Wildman–Crippen LogP) is 6.80. The minimum Gasteiger partial charge on any atom is -0.489 e. The lowest BCUT2D eigenvalue weighted by Gasteiger charge is -2.15. The highest BCUT2D eigenvalue weighted by Crippen LogP contribution is 2.26. The number of nitrogens with one attached hydrogen (secondary N) is 1. The molecule has 0 aliphatic carbocycles. The van der Waals surface area contributed by atoms with Crippen LogP contribution in [-0.2, 0) is 13.2 Å². The van der Waals surface area contributed by atoms with Crippen molar-refractivity contribution in [3.05, 3.63) is 93.0 Å². The van der Waals surface area contributed by atoms with Gasteiger partial charge in [-0.2, -0.15) is 0 Å². The van der Waals surface area contributed by atoms with Gasteiger partial charge in [-0.3, -0.25) is 0 Å². The number of anilines is 1. The van der Waals surface area contributed by atoms with Gasteiger partial charge < -0.3 is 10.1 Å². The van der Waals surface area contributed by atoms with Gasteiger partial charge in [-0.25, -0.2) is 0 Å². The van der Waals surface area contributed by atoms with Crippen LogP contribution in [0.3, 0.4) is 0 Å². The molecule has 0 aliphatic rings. The zero-order chi connectivity index (χ0) is 18.5. The van der Waals surface area contributed by atoms with Gasteiger partial charge >= 0.3 is 0 Å². The maximum Gasteiger partial charge on any atom is 0.124 e. The SMILES string of the molecule is Cc1ccc(NCc2cc(Cl)ccc2OCc2ccc(Cl)cc2)c(C)c1. The fraction of sp³-hybridized carbons (Fsp3) is 0.182. The van der Waals surface area contributed by atoms with Crippen LogP contribution in [0.4, 0.5) is 5.69 Å². The molecule has 0 spiro atoms. The molecule has 0 saturated carbocycles. The predicted molar refractivity (Wildman–Crippen MR) is 110 cm³/mol. The molecule has 0 atom stereocenters. The first-order chi connectivity index (χ1) is 12.5. The largest absolute Gasteiger partial charge is 0.489 e. The van der Waals surface area contributed by atoms with E-state index < -0.39 is 0 Å². The highest BCUT2D eigenvalue weighted by molar-refractivity contribution is 6.30. The summed E-state index contributed by atoms with van der Waals surface area (Å²) in [5.74, 6) is 0.821. The van der Waals surface area contributed by atoms with Crippen molar-refractivity contribution in [1.82, 2.24) is 0 Å². The Labute approximate surface area is 164 Å². The maximum atomic E-state index is 6.19. The maximum absolute atomic E-state index is 6.19. The van der Waals surface area contributed by atoms with Gasteiger partial charge in [-0.05, 0) is 61.4 Å². The first kappa shape index (κ1) is 18.6. The molecule has 134 valence electrons. The van der Waals surface area contributed by atoms with Crippen molar-refractivity contribution in [2.45, 2.75) is 27.0 Å². The van der Waals surface area contributed by atoms with E-state index in [1.165, 1.54) is 11.1 Å². The molecular formula is C22H21Cl2NO. The second-order valence-electron chi connectivity index (χ2n) is 6.34. The molecule has 1 N–H and O–H groups in total.